The smallest absolute Gasteiger partial charge is 0.260 e. The lowest BCUT2D eigenvalue weighted by Crippen LogP contribution is -2.40. The van der Waals surface area contributed by atoms with Gasteiger partial charge in [0, 0.05) is 11.6 Å². The zero-order chi connectivity index (χ0) is 15.4. The number of carbonyl (C=O) groups excluding carboxylic acids is 1. The van der Waals surface area contributed by atoms with Gasteiger partial charge in [-0.2, -0.15) is 0 Å². The summed E-state index contributed by atoms with van der Waals surface area (Å²) in [6.07, 6.45) is 1.92. The Labute approximate surface area is 125 Å². The predicted molar refractivity (Wildman–Crippen MR) is 81.1 cm³/mol. The number of carbonyl (C=O) groups is 1. The van der Waals surface area contributed by atoms with Gasteiger partial charge in [0.15, 0.2) is 6.10 Å². The first-order valence-corrected chi connectivity index (χ1v) is 7.36. The van der Waals surface area contributed by atoms with Crippen LogP contribution in [-0.2, 0) is 11.2 Å². The van der Waals surface area contributed by atoms with Crippen molar-refractivity contribution in [2.45, 2.75) is 52.2 Å². The molecule has 0 saturated carbocycles. The molecular weight excluding hydrogens is 268 g/mol. The molecule has 0 fully saturated rings. The van der Waals surface area contributed by atoms with Crippen LogP contribution in [0.5, 0.6) is 5.75 Å². The molecule has 1 aromatic carbocycles. The second-order valence-electron chi connectivity index (χ2n) is 5.44. The highest BCUT2D eigenvalue weighted by molar-refractivity contribution is 6.04. The van der Waals surface area contributed by atoms with E-state index in [1.54, 1.807) is 6.92 Å². The molecule has 1 aliphatic carbocycles. The van der Waals surface area contributed by atoms with Crippen molar-refractivity contribution in [1.82, 2.24) is 5.32 Å². The van der Waals surface area contributed by atoms with E-state index >= 15 is 0 Å². The van der Waals surface area contributed by atoms with Gasteiger partial charge in [-0.1, -0.05) is 12.1 Å². The molecule has 21 heavy (non-hydrogen) atoms. The van der Waals surface area contributed by atoms with Gasteiger partial charge < -0.3 is 15.3 Å². The van der Waals surface area contributed by atoms with Gasteiger partial charge in [0.1, 0.15) is 5.75 Å². The van der Waals surface area contributed by atoms with E-state index in [0.29, 0.717) is 11.5 Å². The van der Waals surface area contributed by atoms with Gasteiger partial charge in [0.2, 0.25) is 0 Å². The van der Waals surface area contributed by atoms with Crippen molar-refractivity contribution in [3.63, 3.8) is 0 Å². The van der Waals surface area contributed by atoms with E-state index in [2.05, 4.69) is 10.5 Å². The van der Waals surface area contributed by atoms with E-state index in [1.165, 1.54) is 0 Å². The Kier molecular flexibility index (Phi) is 4.83. The molecule has 0 saturated heterocycles. The van der Waals surface area contributed by atoms with Crippen molar-refractivity contribution >= 4 is 11.6 Å². The van der Waals surface area contributed by atoms with Crippen LogP contribution in [0.1, 0.15) is 44.7 Å². The number of aryl methyl sites for hydroxylation is 1. The molecule has 2 unspecified atom stereocenters. The van der Waals surface area contributed by atoms with E-state index in [0.717, 1.165) is 30.4 Å². The lowest BCUT2D eigenvalue weighted by Gasteiger charge is -2.18. The molecular formula is C16H22N2O3. The largest absolute Gasteiger partial charge is 0.481 e. The van der Waals surface area contributed by atoms with Crippen molar-refractivity contribution in [2.24, 2.45) is 5.16 Å². The van der Waals surface area contributed by atoms with Crippen LogP contribution < -0.4 is 10.1 Å². The Bertz CT molecular complexity index is 554. The number of amides is 1. The summed E-state index contributed by atoms with van der Waals surface area (Å²) in [5, 5.41) is 15.1. The molecule has 1 amide bonds. The lowest BCUT2D eigenvalue weighted by molar-refractivity contribution is -0.127. The van der Waals surface area contributed by atoms with Gasteiger partial charge in [0.05, 0.1) is 5.71 Å². The third kappa shape index (κ3) is 3.54. The third-order valence-corrected chi connectivity index (χ3v) is 3.82. The highest BCUT2D eigenvalue weighted by Gasteiger charge is 2.20. The molecule has 0 aromatic heterocycles. The van der Waals surface area contributed by atoms with Gasteiger partial charge in [-0.3, -0.25) is 4.79 Å². The van der Waals surface area contributed by atoms with Crippen molar-refractivity contribution in [2.75, 3.05) is 0 Å². The van der Waals surface area contributed by atoms with Gasteiger partial charge in [-0.05, 0) is 56.9 Å². The number of rotatable bonds is 5. The number of ether oxygens (including phenoxy) is 1. The SMILES string of the molecule is CCC(C)NC(=O)C(C)Oc1ccc2c(c1)CC/C2=N\O. The highest BCUT2D eigenvalue weighted by atomic mass is 16.5. The first-order valence-electron chi connectivity index (χ1n) is 7.36. The van der Waals surface area contributed by atoms with Crippen LogP contribution >= 0.6 is 0 Å². The van der Waals surface area contributed by atoms with Gasteiger partial charge in [0.25, 0.3) is 5.91 Å². The molecule has 2 N–H and O–H groups in total. The van der Waals surface area contributed by atoms with Crippen LogP contribution in [0.4, 0.5) is 0 Å². The lowest BCUT2D eigenvalue weighted by atomic mass is 10.1. The van der Waals surface area contributed by atoms with Crippen LogP contribution in [0.15, 0.2) is 23.4 Å². The Hall–Kier alpha value is -2.04. The standard InChI is InChI=1S/C16H22N2O3/c1-4-10(2)17-16(19)11(3)21-13-6-7-14-12(9-13)5-8-15(14)18-20/h6-7,9-11,20H,4-5,8H2,1-3H3,(H,17,19)/b18-15+. The van der Waals surface area contributed by atoms with Crippen LogP contribution in [0.3, 0.4) is 0 Å². The number of hydrogen-bond donors (Lipinski definition) is 2. The third-order valence-electron chi connectivity index (χ3n) is 3.82. The fourth-order valence-electron chi connectivity index (χ4n) is 2.34. The Morgan fingerprint density at radius 1 is 1.43 bits per heavy atom. The molecule has 0 spiro atoms. The maximum Gasteiger partial charge on any atom is 0.260 e. The maximum atomic E-state index is 12.0. The summed E-state index contributed by atoms with van der Waals surface area (Å²) in [7, 11) is 0. The summed E-state index contributed by atoms with van der Waals surface area (Å²) in [5.41, 5.74) is 2.76. The maximum absolute atomic E-state index is 12.0. The normalized spacial score (nSPS) is 18.1. The zero-order valence-electron chi connectivity index (χ0n) is 12.7. The van der Waals surface area contributed by atoms with Gasteiger partial charge in [-0.15, -0.1) is 0 Å². The minimum atomic E-state index is -0.538. The van der Waals surface area contributed by atoms with Crippen LogP contribution in [-0.4, -0.2) is 29.0 Å². The summed E-state index contributed by atoms with van der Waals surface area (Å²) in [6.45, 7) is 5.73. The fourth-order valence-corrected chi connectivity index (χ4v) is 2.34. The van der Waals surface area contributed by atoms with E-state index < -0.39 is 6.10 Å². The summed E-state index contributed by atoms with van der Waals surface area (Å²) >= 11 is 0. The first kappa shape index (κ1) is 15.4. The Balaban J connectivity index is 2.02. The zero-order valence-corrected chi connectivity index (χ0v) is 12.7. The number of fused-ring (bicyclic) bond motifs is 1. The van der Waals surface area contributed by atoms with Gasteiger partial charge >= 0.3 is 0 Å². The molecule has 1 aromatic rings. The van der Waals surface area contributed by atoms with Crippen molar-refractivity contribution in [3.8, 4) is 5.75 Å². The molecule has 0 heterocycles. The first-order chi connectivity index (χ1) is 10.0. The summed E-state index contributed by atoms with van der Waals surface area (Å²) in [5.74, 6) is 0.558. The number of benzene rings is 1. The number of hydrogen-bond acceptors (Lipinski definition) is 4. The minimum Gasteiger partial charge on any atom is -0.481 e. The molecule has 5 heteroatoms. The van der Waals surface area contributed by atoms with Crippen molar-refractivity contribution in [3.05, 3.63) is 29.3 Å². The van der Waals surface area contributed by atoms with Crippen molar-refractivity contribution in [1.29, 1.82) is 0 Å². The topological polar surface area (TPSA) is 70.9 Å². The summed E-state index contributed by atoms with van der Waals surface area (Å²) in [6, 6.07) is 5.75. The summed E-state index contributed by atoms with van der Waals surface area (Å²) < 4.78 is 5.70. The minimum absolute atomic E-state index is 0.109. The molecule has 0 aliphatic heterocycles. The molecule has 114 valence electrons. The average Bonchev–Trinajstić information content (AvgIpc) is 2.89. The predicted octanol–water partition coefficient (Wildman–Crippen LogP) is 2.49. The second kappa shape index (κ2) is 6.61. The molecule has 5 nitrogen and oxygen atoms in total. The molecule has 2 rings (SSSR count). The monoisotopic (exact) mass is 290 g/mol. The highest BCUT2D eigenvalue weighted by Crippen LogP contribution is 2.27. The van der Waals surface area contributed by atoms with E-state index in [1.807, 2.05) is 32.0 Å². The van der Waals surface area contributed by atoms with Crippen LogP contribution in [0.25, 0.3) is 0 Å². The molecule has 2 atom stereocenters. The molecule has 0 bridgehead atoms. The number of nitrogens with zero attached hydrogens (tertiary/aromatic N) is 1. The van der Waals surface area contributed by atoms with E-state index in [9.17, 15) is 4.79 Å². The van der Waals surface area contributed by atoms with Crippen LogP contribution in [0.2, 0.25) is 0 Å². The number of oxime groups is 1. The van der Waals surface area contributed by atoms with Crippen LogP contribution in [0, 0.1) is 0 Å². The van der Waals surface area contributed by atoms with Gasteiger partial charge in [-0.25, -0.2) is 0 Å². The quantitative estimate of drug-likeness (QED) is 0.646. The molecule has 0 radical (unpaired) electrons. The van der Waals surface area contributed by atoms with E-state index in [4.69, 9.17) is 9.94 Å². The Morgan fingerprint density at radius 2 is 2.19 bits per heavy atom. The van der Waals surface area contributed by atoms with E-state index in [-0.39, 0.29) is 11.9 Å². The molecule has 1 aliphatic rings. The van der Waals surface area contributed by atoms with Crippen molar-refractivity contribution < 1.29 is 14.7 Å². The number of nitrogens with one attached hydrogen (secondary N) is 1. The second-order valence-corrected chi connectivity index (χ2v) is 5.44. The average molecular weight is 290 g/mol. The Morgan fingerprint density at radius 3 is 2.86 bits per heavy atom. The fraction of sp³-hybridized carbons (Fsp3) is 0.500. The summed E-state index contributed by atoms with van der Waals surface area (Å²) in [4.78, 5) is 12.0.